The molecule has 1 saturated heterocycles. The first-order chi connectivity index (χ1) is 13.1. The fourth-order valence-electron chi connectivity index (χ4n) is 2.78. The molecule has 153 valence electrons. The fourth-order valence-corrected chi connectivity index (χ4v) is 4.22. The quantitative estimate of drug-likeness (QED) is 0.647. The summed E-state index contributed by atoms with van der Waals surface area (Å²) in [5.74, 6) is -1.88. The molecule has 2 amide bonds. The molecule has 9 nitrogen and oxygen atoms in total. The number of sulfonamides is 1. The van der Waals surface area contributed by atoms with Crippen molar-refractivity contribution in [3.8, 4) is 0 Å². The van der Waals surface area contributed by atoms with E-state index in [1.165, 1.54) is 12.5 Å². The Balaban J connectivity index is 2.01. The number of hydrogen-bond donors (Lipinski definition) is 2. The fraction of sp³-hybridized carbons (Fsp3) is 0.500. The standard InChI is InChI=1S/C18H25N4O5S/c1-12(18(19)25)8-9-16(24)21-14-6-4-10-22(11-15(14)23)28(26,27)17-7-3-5-13(2)20-17/h3,5,7,9,12,14H,4,6,8,10-11H2,1-2H3,(H2,19,25)(H,21,24)/t12?,14-/m0/s1. The van der Waals surface area contributed by atoms with Crippen LogP contribution in [0.1, 0.15) is 31.9 Å². The van der Waals surface area contributed by atoms with Crippen LogP contribution < -0.4 is 11.1 Å². The number of nitrogens with one attached hydrogen (secondary N) is 1. The van der Waals surface area contributed by atoms with Crippen LogP contribution in [-0.2, 0) is 24.4 Å². The zero-order valence-corrected chi connectivity index (χ0v) is 16.7. The molecule has 1 aromatic rings. The van der Waals surface area contributed by atoms with E-state index in [9.17, 15) is 22.8 Å². The number of primary amides is 1. The van der Waals surface area contributed by atoms with Crippen LogP contribution in [0, 0.1) is 19.3 Å². The number of aromatic nitrogens is 1. The minimum Gasteiger partial charge on any atom is -0.369 e. The zero-order chi connectivity index (χ0) is 20.9. The third-order valence-electron chi connectivity index (χ3n) is 4.55. The largest absolute Gasteiger partial charge is 0.369 e. The van der Waals surface area contributed by atoms with Crippen molar-refractivity contribution in [3.05, 3.63) is 30.3 Å². The van der Waals surface area contributed by atoms with Gasteiger partial charge in [-0.1, -0.05) is 13.0 Å². The SMILES string of the molecule is Cc1cccc(S(=O)(=O)N2CCC[C@H](NC(=O)[CH]CC(C)C(N)=O)C(=O)C2)n1. The van der Waals surface area contributed by atoms with Gasteiger partial charge in [0.1, 0.15) is 0 Å². The highest BCUT2D eigenvalue weighted by Crippen LogP contribution is 2.18. The Kier molecular flexibility index (Phi) is 7.25. The Labute approximate surface area is 164 Å². The van der Waals surface area contributed by atoms with Crippen LogP contribution in [0.2, 0.25) is 0 Å². The summed E-state index contributed by atoms with van der Waals surface area (Å²) in [5, 5.41) is 2.49. The molecule has 2 rings (SSSR count). The summed E-state index contributed by atoms with van der Waals surface area (Å²) in [5.41, 5.74) is 5.71. The number of aryl methyl sites for hydroxylation is 1. The maximum atomic E-state index is 12.8. The van der Waals surface area contributed by atoms with E-state index in [0.29, 0.717) is 18.5 Å². The summed E-state index contributed by atoms with van der Waals surface area (Å²) in [6.45, 7) is 3.12. The molecule has 1 unspecified atom stereocenters. The van der Waals surface area contributed by atoms with Gasteiger partial charge >= 0.3 is 0 Å². The number of hydrogen-bond acceptors (Lipinski definition) is 6. The highest BCUT2D eigenvalue weighted by atomic mass is 32.2. The Morgan fingerprint density at radius 3 is 2.79 bits per heavy atom. The van der Waals surface area contributed by atoms with Crippen molar-refractivity contribution < 1.29 is 22.8 Å². The van der Waals surface area contributed by atoms with Crippen molar-refractivity contribution in [3.63, 3.8) is 0 Å². The summed E-state index contributed by atoms with van der Waals surface area (Å²) < 4.78 is 26.7. The van der Waals surface area contributed by atoms with Gasteiger partial charge in [-0.2, -0.15) is 4.31 Å². The number of carbonyl (C=O) groups excluding carboxylic acids is 3. The second kappa shape index (κ2) is 9.24. The number of amides is 2. The lowest BCUT2D eigenvalue weighted by Gasteiger charge is -2.19. The van der Waals surface area contributed by atoms with Gasteiger partial charge in [0.2, 0.25) is 11.8 Å². The van der Waals surface area contributed by atoms with E-state index in [1.54, 1.807) is 26.0 Å². The Hall–Kier alpha value is -2.33. The van der Waals surface area contributed by atoms with Crippen LogP contribution >= 0.6 is 0 Å². The van der Waals surface area contributed by atoms with Gasteiger partial charge in [-0.25, -0.2) is 13.4 Å². The van der Waals surface area contributed by atoms with E-state index in [1.807, 2.05) is 0 Å². The van der Waals surface area contributed by atoms with Crippen molar-refractivity contribution in [1.82, 2.24) is 14.6 Å². The van der Waals surface area contributed by atoms with E-state index in [2.05, 4.69) is 10.3 Å². The van der Waals surface area contributed by atoms with Crippen molar-refractivity contribution >= 4 is 27.6 Å². The number of rotatable bonds is 7. The summed E-state index contributed by atoms with van der Waals surface area (Å²) in [6.07, 6.45) is 2.19. The maximum Gasteiger partial charge on any atom is 0.260 e. The molecule has 28 heavy (non-hydrogen) atoms. The van der Waals surface area contributed by atoms with Crippen LogP contribution in [0.25, 0.3) is 0 Å². The molecule has 2 atom stereocenters. The Morgan fingerprint density at radius 2 is 2.14 bits per heavy atom. The second-order valence-electron chi connectivity index (χ2n) is 6.87. The predicted octanol–water partition coefficient (Wildman–Crippen LogP) is -0.0558. The van der Waals surface area contributed by atoms with Gasteiger partial charge in [0.15, 0.2) is 10.8 Å². The minimum atomic E-state index is -3.89. The molecule has 1 aliphatic heterocycles. The number of ketones is 1. The molecular formula is C18H25N4O5S. The summed E-state index contributed by atoms with van der Waals surface area (Å²) in [4.78, 5) is 39.6. The number of carbonyl (C=O) groups is 3. The van der Waals surface area contributed by atoms with Gasteiger partial charge in [-0.3, -0.25) is 14.4 Å². The van der Waals surface area contributed by atoms with Gasteiger partial charge in [0, 0.05) is 18.2 Å². The van der Waals surface area contributed by atoms with Crippen LogP contribution in [0.5, 0.6) is 0 Å². The first kappa shape index (κ1) is 22.0. The van der Waals surface area contributed by atoms with Gasteiger partial charge in [0.05, 0.1) is 19.0 Å². The number of nitrogens with zero attached hydrogens (tertiary/aromatic N) is 2. The van der Waals surface area contributed by atoms with E-state index in [4.69, 9.17) is 5.73 Å². The summed E-state index contributed by atoms with van der Waals surface area (Å²) in [6, 6.07) is 3.90. The Bertz CT molecular complexity index is 855. The van der Waals surface area contributed by atoms with E-state index in [-0.39, 0.29) is 24.5 Å². The monoisotopic (exact) mass is 409 g/mol. The van der Waals surface area contributed by atoms with Crippen LogP contribution in [0.4, 0.5) is 0 Å². The third kappa shape index (κ3) is 5.59. The van der Waals surface area contributed by atoms with E-state index < -0.39 is 39.6 Å². The van der Waals surface area contributed by atoms with Gasteiger partial charge in [-0.05, 0) is 38.3 Å². The molecule has 1 aromatic heterocycles. The normalized spacial score (nSPS) is 19.6. The molecule has 2 heterocycles. The average Bonchev–Trinajstić information content (AvgIpc) is 2.81. The van der Waals surface area contributed by atoms with Crippen molar-refractivity contribution in [2.24, 2.45) is 11.7 Å². The molecule has 0 bridgehead atoms. The summed E-state index contributed by atoms with van der Waals surface area (Å²) >= 11 is 0. The molecule has 1 fully saturated rings. The lowest BCUT2D eigenvalue weighted by molar-refractivity contribution is -0.126. The molecule has 1 radical (unpaired) electrons. The second-order valence-corrected chi connectivity index (χ2v) is 8.75. The van der Waals surface area contributed by atoms with Crippen molar-refractivity contribution in [2.45, 2.75) is 44.2 Å². The first-order valence-corrected chi connectivity index (χ1v) is 10.4. The molecule has 10 heteroatoms. The molecule has 0 aromatic carbocycles. The van der Waals surface area contributed by atoms with Crippen LogP contribution in [0.15, 0.2) is 23.2 Å². The van der Waals surface area contributed by atoms with Crippen molar-refractivity contribution in [2.75, 3.05) is 13.1 Å². The minimum absolute atomic E-state index is 0.100. The van der Waals surface area contributed by atoms with Crippen LogP contribution in [-0.4, -0.2) is 54.4 Å². The Morgan fingerprint density at radius 1 is 1.43 bits per heavy atom. The molecule has 1 aliphatic rings. The molecule has 0 spiro atoms. The smallest absolute Gasteiger partial charge is 0.260 e. The third-order valence-corrected chi connectivity index (χ3v) is 6.29. The first-order valence-electron chi connectivity index (χ1n) is 9.01. The van der Waals surface area contributed by atoms with Crippen molar-refractivity contribution in [1.29, 1.82) is 0 Å². The summed E-state index contributed by atoms with van der Waals surface area (Å²) in [7, 11) is -3.89. The van der Waals surface area contributed by atoms with Gasteiger partial charge in [0.25, 0.3) is 10.0 Å². The molecule has 0 saturated carbocycles. The predicted molar refractivity (Wildman–Crippen MR) is 101 cm³/mol. The maximum absolute atomic E-state index is 12.8. The zero-order valence-electron chi connectivity index (χ0n) is 15.9. The molecular weight excluding hydrogens is 384 g/mol. The van der Waals surface area contributed by atoms with Gasteiger partial charge in [-0.15, -0.1) is 0 Å². The van der Waals surface area contributed by atoms with E-state index >= 15 is 0 Å². The van der Waals surface area contributed by atoms with Gasteiger partial charge < -0.3 is 11.1 Å². The number of Topliss-reactive ketones (excluding diaryl/α,β-unsaturated/α-hetero) is 1. The highest BCUT2D eigenvalue weighted by Gasteiger charge is 2.33. The lowest BCUT2D eigenvalue weighted by Crippen LogP contribution is -2.44. The molecule has 3 N–H and O–H groups in total. The van der Waals surface area contributed by atoms with E-state index in [0.717, 1.165) is 4.31 Å². The molecule has 0 aliphatic carbocycles. The number of nitrogens with two attached hydrogens (primary N) is 1. The average molecular weight is 409 g/mol. The topological polar surface area (TPSA) is 140 Å². The lowest BCUT2D eigenvalue weighted by atomic mass is 10.0. The van der Waals surface area contributed by atoms with Crippen LogP contribution in [0.3, 0.4) is 0 Å². The highest BCUT2D eigenvalue weighted by molar-refractivity contribution is 7.89. The number of pyridine rings is 1.